The van der Waals surface area contributed by atoms with E-state index in [1.807, 2.05) is 20.2 Å². The lowest BCUT2D eigenvalue weighted by atomic mass is 9.63. The highest BCUT2D eigenvalue weighted by molar-refractivity contribution is 4.93. The zero-order chi connectivity index (χ0) is 16.7. The van der Waals surface area contributed by atoms with Gasteiger partial charge < -0.3 is 4.90 Å². The lowest BCUT2D eigenvalue weighted by molar-refractivity contribution is 0.00243. The van der Waals surface area contributed by atoms with Crippen LogP contribution < -0.4 is 0 Å². The Balaban J connectivity index is 0.000000924. The van der Waals surface area contributed by atoms with E-state index in [9.17, 15) is 0 Å². The van der Waals surface area contributed by atoms with Crippen molar-refractivity contribution in [1.82, 2.24) is 19.7 Å². The summed E-state index contributed by atoms with van der Waals surface area (Å²) in [4.78, 5) is 6.79. The number of hydrogen-bond donors (Lipinski definition) is 0. The standard InChI is InChI=1S/C17H30N4.C2H6/c1-15(2)20-10-8-17(9-11-20,12-21-14-18-13-19-21)16-6-4-3-5-7-16;1-2/h13-16H,3-12H2,1-2H3;1-2H3. The summed E-state index contributed by atoms with van der Waals surface area (Å²) in [6.07, 6.45) is 13.4. The molecule has 2 aliphatic rings. The van der Waals surface area contributed by atoms with Gasteiger partial charge in [0.2, 0.25) is 0 Å². The topological polar surface area (TPSA) is 34.0 Å². The van der Waals surface area contributed by atoms with E-state index >= 15 is 0 Å². The summed E-state index contributed by atoms with van der Waals surface area (Å²) in [5, 5.41) is 4.40. The van der Waals surface area contributed by atoms with Crippen molar-refractivity contribution in [3.63, 3.8) is 0 Å². The SMILES string of the molecule is CC.CC(C)N1CCC(Cn2cncn2)(C2CCCCC2)CC1. The molecular formula is C19H36N4. The highest BCUT2D eigenvalue weighted by Gasteiger charge is 2.42. The van der Waals surface area contributed by atoms with Gasteiger partial charge in [-0.3, -0.25) is 4.68 Å². The van der Waals surface area contributed by atoms with E-state index in [1.54, 1.807) is 6.33 Å². The molecule has 0 spiro atoms. The average molecular weight is 321 g/mol. The first-order chi connectivity index (χ1) is 11.2. The van der Waals surface area contributed by atoms with Crippen molar-refractivity contribution in [1.29, 1.82) is 0 Å². The second-order valence-electron chi connectivity index (χ2n) is 7.42. The van der Waals surface area contributed by atoms with Crippen LogP contribution in [-0.2, 0) is 6.54 Å². The van der Waals surface area contributed by atoms with Crippen LogP contribution in [0.3, 0.4) is 0 Å². The zero-order valence-electron chi connectivity index (χ0n) is 15.7. The van der Waals surface area contributed by atoms with Crippen molar-refractivity contribution < 1.29 is 0 Å². The maximum absolute atomic E-state index is 4.40. The Hall–Kier alpha value is -0.900. The van der Waals surface area contributed by atoms with Gasteiger partial charge in [-0.15, -0.1) is 0 Å². The van der Waals surface area contributed by atoms with Crippen LogP contribution in [0.2, 0.25) is 0 Å². The van der Waals surface area contributed by atoms with E-state index < -0.39 is 0 Å². The van der Waals surface area contributed by atoms with E-state index in [0.29, 0.717) is 11.5 Å². The Morgan fingerprint density at radius 3 is 2.26 bits per heavy atom. The number of nitrogens with zero attached hydrogens (tertiary/aromatic N) is 4. The molecule has 0 radical (unpaired) electrons. The third kappa shape index (κ3) is 4.56. The molecule has 23 heavy (non-hydrogen) atoms. The molecule has 0 unspecified atom stereocenters. The minimum atomic E-state index is 0.458. The minimum Gasteiger partial charge on any atom is -0.301 e. The lowest BCUT2D eigenvalue weighted by Crippen LogP contribution is -2.48. The molecule has 132 valence electrons. The lowest BCUT2D eigenvalue weighted by Gasteiger charge is -2.48. The predicted molar refractivity (Wildman–Crippen MR) is 96.3 cm³/mol. The number of rotatable bonds is 4. The molecule has 1 aliphatic heterocycles. The quantitative estimate of drug-likeness (QED) is 0.826. The third-order valence-corrected chi connectivity index (χ3v) is 5.94. The fourth-order valence-corrected chi connectivity index (χ4v) is 4.53. The third-order valence-electron chi connectivity index (χ3n) is 5.94. The molecule has 0 aromatic carbocycles. The van der Waals surface area contributed by atoms with Crippen LogP contribution in [0, 0.1) is 11.3 Å². The predicted octanol–water partition coefficient (Wildman–Crippen LogP) is 4.38. The molecule has 0 N–H and O–H groups in total. The number of aromatic nitrogens is 3. The van der Waals surface area contributed by atoms with E-state index in [1.165, 1.54) is 58.0 Å². The molecule has 1 saturated carbocycles. The van der Waals surface area contributed by atoms with Gasteiger partial charge in [-0.2, -0.15) is 5.10 Å². The van der Waals surface area contributed by atoms with Gasteiger partial charge in [0, 0.05) is 12.6 Å². The maximum Gasteiger partial charge on any atom is 0.137 e. The van der Waals surface area contributed by atoms with Crippen molar-refractivity contribution in [3.8, 4) is 0 Å². The molecule has 2 heterocycles. The number of piperidine rings is 1. The summed E-state index contributed by atoms with van der Waals surface area (Å²) in [6, 6.07) is 0.681. The molecule has 1 aromatic rings. The van der Waals surface area contributed by atoms with Gasteiger partial charge >= 0.3 is 0 Å². The molecule has 1 aliphatic carbocycles. The number of hydrogen-bond acceptors (Lipinski definition) is 3. The van der Waals surface area contributed by atoms with Gasteiger partial charge in [-0.1, -0.05) is 33.1 Å². The van der Waals surface area contributed by atoms with Crippen LogP contribution in [-0.4, -0.2) is 38.8 Å². The van der Waals surface area contributed by atoms with Gasteiger partial charge in [0.15, 0.2) is 0 Å². The summed E-state index contributed by atoms with van der Waals surface area (Å²) >= 11 is 0. The molecule has 4 nitrogen and oxygen atoms in total. The zero-order valence-corrected chi connectivity index (χ0v) is 15.7. The van der Waals surface area contributed by atoms with E-state index in [0.717, 1.165) is 12.5 Å². The maximum atomic E-state index is 4.40. The monoisotopic (exact) mass is 320 g/mol. The fourth-order valence-electron chi connectivity index (χ4n) is 4.53. The molecule has 1 saturated heterocycles. The molecular weight excluding hydrogens is 284 g/mol. The molecule has 0 amide bonds. The van der Waals surface area contributed by atoms with E-state index in [-0.39, 0.29) is 0 Å². The molecule has 3 rings (SSSR count). The summed E-state index contributed by atoms with van der Waals surface area (Å²) < 4.78 is 2.08. The van der Waals surface area contributed by atoms with Crippen molar-refractivity contribution in [2.75, 3.05) is 13.1 Å². The smallest absolute Gasteiger partial charge is 0.137 e. The first kappa shape index (κ1) is 18.4. The van der Waals surface area contributed by atoms with Crippen LogP contribution in [0.4, 0.5) is 0 Å². The summed E-state index contributed by atoms with van der Waals surface area (Å²) in [5.41, 5.74) is 0.458. The van der Waals surface area contributed by atoms with Crippen LogP contribution >= 0.6 is 0 Å². The van der Waals surface area contributed by atoms with Crippen LogP contribution in [0.1, 0.15) is 72.6 Å². The highest BCUT2D eigenvalue weighted by atomic mass is 15.3. The average Bonchev–Trinajstić information content (AvgIpc) is 3.11. The van der Waals surface area contributed by atoms with Crippen LogP contribution in [0.15, 0.2) is 12.7 Å². The van der Waals surface area contributed by atoms with Crippen molar-refractivity contribution in [2.24, 2.45) is 11.3 Å². The van der Waals surface area contributed by atoms with Crippen molar-refractivity contribution >= 4 is 0 Å². The van der Waals surface area contributed by atoms with Crippen molar-refractivity contribution in [2.45, 2.75) is 85.2 Å². The van der Waals surface area contributed by atoms with Crippen LogP contribution in [0.5, 0.6) is 0 Å². The molecule has 2 fully saturated rings. The van der Waals surface area contributed by atoms with Gasteiger partial charge in [0.1, 0.15) is 12.7 Å². The summed E-state index contributed by atoms with van der Waals surface area (Å²) in [6.45, 7) is 12.2. The number of likely N-dealkylation sites (tertiary alicyclic amines) is 1. The van der Waals surface area contributed by atoms with Gasteiger partial charge in [-0.05, 0) is 64.0 Å². The van der Waals surface area contributed by atoms with E-state index in [2.05, 4.69) is 33.5 Å². The van der Waals surface area contributed by atoms with Gasteiger partial charge in [0.25, 0.3) is 0 Å². The first-order valence-electron chi connectivity index (χ1n) is 9.76. The fraction of sp³-hybridized carbons (Fsp3) is 0.895. The Bertz CT molecular complexity index is 413. The second kappa shape index (κ2) is 8.81. The van der Waals surface area contributed by atoms with Crippen LogP contribution in [0.25, 0.3) is 0 Å². The molecule has 4 heteroatoms. The summed E-state index contributed by atoms with van der Waals surface area (Å²) in [7, 11) is 0. The molecule has 0 atom stereocenters. The van der Waals surface area contributed by atoms with Gasteiger partial charge in [0.05, 0.1) is 0 Å². The Morgan fingerprint density at radius 2 is 1.74 bits per heavy atom. The van der Waals surface area contributed by atoms with Crippen molar-refractivity contribution in [3.05, 3.63) is 12.7 Å². The Kier molecular flexibility index (Phi) is 7.07. The second-order valence-corrected chi connectivity index (χ2v) is 7.42. The van der Waals surface area contributed by atoms with E-state index in [4.69, 9.17) is 0 Å². The first-order valence-corrected chi connectivity index (χ1v) is 9.76. The minimum absolute atomic E-state index is 0.458. The largest absolute Gasteiger partial charge is 0.301 e. The Morgan fingerprint density at radius 1 is 1.09 bits per heavy atom. The molecule has 1 aromatic heterocycles. The highest BCUT2D eigenvalue weighted by Crippen LogP contribution is 2.47. The van der Waals surface area contributed by atoms with Gasteiger partial charge in [-0.25, -0.2) is 4.98 Å². The Labute approximate surface area is 142 Å². The normalized spacial score (nSPS) is 22.7. The molecule has 0 bridgehead atoms. The summed E-state index contributed by atoms with van der Waals surface area (Å²) in [5.74, 6) is 0.893.